The van der Waals surface area contributed by atoms with E-state index in [0.29, 0.717) is 5.75 Å². The summed E-state index contributed by atoms with van der Waals surface area (Å²) < 4.78 is 5.06. The monoisotopic (exact) mass is 206 g/mol. The molecule has 0 spiro atoms. The number of benzene rings is 1. The summed E-state index contributed by atoms with van der Waals surface area (Å²) in [6, 6.07) is 5.74. The van der Waals surface area contributed by atoms with Gasteiger partial charge in [-0.05, 0) is 18.1 Å². The van der Waals surface area contributed by atoms with E-state index in [1.807, 2.05) is 25.2 Å². The van der Waals surface area contributed by atoms with Gasteiger partial charge in [-0.15, -0.1) is 0 Å². The Labute approximate surface area is 88.8 Å². The summed E-state index contributed by atoms with van der Waals surface area (Å²) in [5, 5.41) is 2.42. The van der Waals surface area contributed by atoms with Crippen LogP contribution < -0.4 is 15.0 Å². The molecule has 0 aliphatic carbocycles. The van der Waals surface area contributed by atoms with E-state index < -0.39 is 6.09 Å². The third-order valence-corrected chi connectivity index (χ3v) is 2.60. The zero-order valence-electron chi connectivity index (χ0n) is 8.91. The van der Waals surface area contributed by atoms with E-state index in [0.717, 1.165) is 18.7 Å². The van der Waals surface area contributed by atoms with Crippen molar-refractivity contribution in [3.8, 4) is 5.75 Å². The average Bonchev–Trinajstić information content (AvgIpc) is 2.60. The van der Waals surface area contributed by atoms with Gasteiger partial charge in [-0.3, -0.25) is 0 Å². The largest absolute Gasteiger partial charge is 0.412 e. The predicted octanol–water partition coefficient (Wildman–Crippen LogP) is 1.40. The van der Waals surface area contributed by atoms with Crippen LogP contribution in [0.25, 0.3) is 0 Å². The Morgan fingerprint density at radius 1 is 1.53 bits per heavy atom. The minimum absolute atomic E-state index is 0.435. The lowest BCUT2D eigenvalue weighted by Gasteiger charge is -2.12. The third kappa shape index (κ3) is 1.88. The lowest BCUT2D eigenvalue weighted by molar-refractivity contribution is 0.203. The van der Waals surface area contributed by atoms with Crippen LogP contribution in [0.2, 0.25) is 0 Å². The summed E-state index contributed by atoms with van der Waals surface area (Å²) in [7, 11) is 3.58. The molecule has 0 fully saturated rings. The molecule has 1 aliphatic rings. The van der Waals surface area contributed by atoms with Gasteiger partial charge in [0.1, 0.15) is 5.75 Å². The number of carbonyl (C=O) groups is 1. The molecule has 0 aromatic heterocycles. The molecule has 1 heterocycles. The number of nitrogens with one attached hydrogen (secondary N) is 1. The Bertz CT molecular complexity index is 390. The molecule has 1 amide bonds. The van der Waals surface area contributed by atoms with Crippen molar-refractivity contribution in [2.75, 3.05) is 25.5 Å². The fourth-order valence-electron chi connectivity index (χ4n) is 1.74. The van der Waals surface area contributed by atoms with Crippen molar-refractivity contribution in [3.05, 3.63) is 23.8 Å². The Morgan fingerprint density at radius 2 is 2.33 bits per heavy atom. The molecule has 0 radical (unpaired) electrons. The number of hydrogen-bond donors (Lipinski definition) is 1. The number of anilines is 1. The summed E-state index contributed by atoms with van der Waals surface area (Å²) >= 11 is 0. The minimum Gasteiger partial charge on any atom is -0.410 e. The molecule has 1 aromatic carbocycles. The highest BCUT2D eigenvalue weighted by molar-refractivity contribution is 5.71. The molecule has 2 rings (SSSR count). The van der Waals surface area contributed by atoms with E-state index >= 15 is 0 Å². The molecule has 80 valence electrons. The van der Waals surface area contributed by atoms with Gasteiger partial charge in [0.05, 0.1) is 0 Å². The standard InChI is InChI=1S/C11H14N2O2/c1-12-11(14)15-9-4-3-8-5-6-13(2)10(8)7-9/h3-4,7H,5-6H2,1-2H3,(H,12,14). The van der Waals surface area contributed by atoms with Gasteiger partial charge in [-0.2, -0.15) is 0 Å². The summed E-state index contributed by atoms with van der Waals surface area (Å²) in [4.78, 5) is 13.2. The number of rotatable bonds is 1. The lowest BCUT2D eigenvalue weighted by atomic mass is 10.1. The predicted molar refractivity (Wildman–Crippen MR) is 58.5 cm³/mol. The van der Waals surface area contributed by atoms with Gasteiger partial charge in [0.25, 0.3) is 0 Å². The van der Waals surface area contributed by atoms with Gasteiger partial charge in [0, 0.05) is 32.4 Å². The minimum atomic E-state index is -0.435. The summed E-state index contributed by atoms with van der Waals surface area (Å²) in [5.41, 5.74) is 2.46. The molecule has 0 saturated carbocycles. The van der Waals surface area contributed by atoms with Gasteiger partial charge in [0.15, 0.2) is 0 Å². The van der Waals surface area contributed by atoms with E-state index in [9.17, 15) is 4.79 Å². The third-order valence-electron chi connectivity index (χ3n) is 2.60. The van der Waals surface area contributed by atoms with Crippen molar-refractivity contribution in [1.82, 2.24) is 5.32 Å². The van der Waals surface area contributed by atoms with Crippen molar-refractivity contribution in [1.29, 1.82) is 0 Å². The zero-order valence-corrected chi connectivity index (χ0v) is 8.91. The number of amides is 1. The van der Waals surface area contributed by atoms with E-state index in [2.05, 4.69) is 10.2 Å². The van der Waals surface area contributed by atoms with Crippen molar-refractivity contribution in [2.45, 2.75) is 6.42 Å². The first-order valence-electron chi connectivity index (χ1n) is 4.94. The second kappa shape index (κ2) is 3.81. The van der Waals surface area contributed by atoms with Crippen molar-refractivity contribution >= 4 is 11.8 Å². The maximum atomic E-state index is 11.0. The number of likely N-dealkylation sites (N-methyl/N-ethyl adjacent to an activating group) is 1. The highest BCUT2D eigenvalue weighted by atomic mass is 16.5. The maximum absolute atomic E-state index is 11.0. The highest BCUT2D eigenvalue weighted by Crippen LogP contribution is 2.30. The zero-order chi connectivity index (χ0) is 10.8. The number of fused-ring (bicyclic) bond motifs is 1. The van der Waals surface area contributed by atoms with Crippen LogP contribution in [0.3, 0.4) is 0 Å². The number of ether oxygens (including phenoxy) is 1. The van der Waals surface area contributed by atoms with Crippen molar-refractivity contribution < 1.29 is 9.53 Å². The Kier molecular flexibility index (Phi) is 2.49. The van der Waals surface area contributed by atoms with Crippen LogP contribution in [-0.2, 0) is 6.42 Å². The van der Waals surface area contributed by atoms with E-state index in [1.165, 1.54) is 5.56 Å². The molecule has 15 heavy (non-hydrogen) atoms. The van der Waals surface area contributed by atoms with E-state index in [-0.39, 0.29) is 0 Å². The van der Waals surface area contributed by atoms with Crippen molar-refractivity contribution in [3.63, 3.8) is 0 Å². The van der Waals surface area contributed by atoms with Crippen LogP contribution in [0, 0.1) is 0 Å². The summed E-state index contributed by atoms with van der Waals surface area (Å²) in [6.45, 7) is 1.03. The second-order valence-corrected chi connectivity index (χ2v) is 3.60. The lowest BCUT2D eigenvalue weighted by Crippen LogP contribution is -2.22. The van der Waals surface area contributed by atoms with Crippen LogP contribution in [0.4, 0.5) is 10.5 Å². The molecule has 0 unspecified atom stereocenters. The number of hydrogen-bond acceptors (Lipinski definition) is 3. The molecule has 0 bridgehead atoms. The Balaban J connectivity index is 2.21. The molecule has 4 heteroatoms. The normalized spacial score (nSPS) is 13.6. The molecule has 0 atom stereocenters. The smallest absolute Gasteiger partial charge is 0.410 e. The van der Waals surface area contributed by atoms with Crippen LogP contribution in [-0.4, -0.2) is 26.7 Å². The van der Waals surface area contributed by atoms with Crippen LogP contribution in [0.15, 0.2) is 18.2 Å². The van der Waals surface area contributed by atoms with Gasteiger partial charge < -0.3 is 15.0 Å². The summed E-state index contributed by atoms with van der Waals surface area (Å²) in [5.74, 6) is 0.585. The fraction of sp³-hybridized carbons (Fsp3) is 0.364. The maximum Gasteiger partial charge on any atom is 0.412 e. The summed E-state index contributed by atoms with van der Waals surface area (Å²) in [6.07, 6.45) is 0.627. The first kappa shape index (κ1) is 9.83. The van der Waals surface area contributed by atoms with Gasteiger partial charge in [0.2, 0.25) is 0 Å². The molecular formula is C11H14N2O2. The van der Waals surface area contributed by atoms with Gasteiger partial charge in [-0.1, -0.05) is 6.07 Å². The number of nitrogens with zero attached hydrogens (tertiary/aromatic N) is 1. The highest BCUT2D eigenvalue weighted by Gasteiger charge is 2.16. The molecule has 4 nitrogen and oxygen atoms in total. The quantitative estimate of drug-likeness (QED) is 0.755. The Morgan fingerprint density at radius 3 is 3.07 bits per heavy atom. The number of carbonyl (C=O) groups excluding carboxylic acids is 1. The fourth-order valence-corrected chi connectivity index (χ4v) is 1.74. The molecule has 1 N–H and O–H groups in total. The molecule has 1 aromatic rings. The van der Waals surface area contributed by atoms with Crippen LogP contribution in [0.1, 0.15) is 5.56 Å². The topological polar surface area (TPSA) is 41.6 Å². The van der Waals surface area contributed by atoms with Crippen LogP contribution in [0.5, 0.6) is 5.75 Å². The average molecular weight is 206 g/mol. The van der Waals surface area contributed by atoms with Crippen LogP contribution >= 0.6 is 0 Å². The Hall–Kier alpha value is -1.71. The van der Waals surface area contributed by atoms with Crippen molar-refractivity contribution in [2.24, 2.45) is 0 Å². The molecule has 0 saturated heterocycles. The van der Waals surface area contributed by atoms with Gasteiger partial charge >= 0.3 is 6.09 Å². The molecule has 1 aliphatic heterocycles. The molecular weight excluding hydrogens is 192 g/mol. The van der Waals surface area contributed by atoms with Gasteiger partial charge in [-0.25, -0.2) is 4.79 Å². The van der Waals surface area contributed by atoms with E-state index in [1.54, 1.807) is 7.05 Å². The SMILES string of the molecule is CNC(=O)Oc1ccc2c(c1)N(C)CC2. The second-order valence-electron chi connectivity index (χ2n) is 3.60. The first-order valence-corrected chi connectivity index (χ1v) is 4.94. The van der Waals surface area contributed by atoms with E-state index in [4.69, 9.17) is 4.74 Å². The first-order chi connectivity index (χ1) is 7.20.